The lowest BCUT2D eigenvalue weighted by atomic mass is 9.88. The smallest absolute Gasteiger partial charge is 0.219 e. The number of hydrogen-bond acceptors (Lipinski definition) is 2. The Hall–Kier alpha value is -0.570. The predicted octanol–water partition coefficient (Wildman–Crippen LogP) is 0.982. The van der Waals surface area contributed by atoms with E-state index in [0.29, 0.717) is 12.0 Å². The maximum atomic E-state index is 11.0. The van der Waals surface area contributed by atoms with Gasteiger partial charge < -0.3 is 10.6 Å². The van der Waals surface area contributed by atoms with E-state index in [2.05, 4.69) is 6.92 Å². The molecule has 0 bridgehead atoms. The number of carbonyl (C=O) groups is 1. The van der Waals surface area contributed by atoms with E-state index in [1.54, 1.807) is 6.92 Å². The van der Waals surface area contributed by atoms with Crippen LogP contribution in [-0.4, -0.2) is 29.9 Å². The summed E-state index contributed by atoms with van der Waals surface area (Å²) in [6.45, 7) is 5.56. The van der Waals surface area contributed by atoms with Crippen molar-refractivity contribution >= 4 is 5.91 Å². The van der Waals surface area contributed by atoms with Crippen molar-refractivity contribution in [2.45, 2.75) is 39.2 Å². The van der Waals surface area contributed by atoms with E-state index in [4.69, 9.17) is 5.73 Å². The van der Waals surface area contributed by atoms with Crippen LogP contribution in [0.15, 0.2) is 0 Å². The Morgan fingerprint density at radius 3 is 2.46 bits per heavy atom. The first-order chi connectivity index (χ1) is 6.15. The van der Waals surface area contributed by atoms with Crippen LogP contribution in [0.5, 0.6) is 0 Å². The van der Waals surface area contributed by atoms with Crippen molar-refractivity contribution in [3.05, 3.63) is 0 Å². The van der Waals surface area contributed by atoms with Gasteiger partial charge in [-0.05, 0) is 25.2 Å². The number of likely N-dealkylation sites (tertiary alicyclic amines) is 1. The number of piperidine rings is 1. The molecule has 1 saturated heterocycles. The number of amides is 1. The lowest BCUT2D eigenvalue weighted by Gasteiger charge is -2.33. The van der Waals surface area contributed by atoms with Gasteiger partial charge in [0.05, 0.1) is 0 Å². The molecule has 1 aliphatic heterocycles. The molecule has 3 heteroatoms. The van der Waals surface area contributed by atoms with Crippen LogP contribution in [0.2, 0.25) is 0 Å². The molecule has 0 aromatic heterocycles. The molecule has 76 valence electrons. The fraction of sp³-hybridized carbons (Fsp3) is 0.900. The van der Waals surface area contributed by atoms with Crippen molar-refractivity contribution in [3.63, 3.8) is 0 Å². The molecule has 1 rings (SSSR count). The van der Waals surface area contributed by atoms with Crippen molar-refractivity contribution in [1.82, 2.24) is 4.90 Å². The molecule has 1 unspecified atom stereocenters. The summed E-state index contributed by atoms with van der Waals surface area (Å²) in [5.74, 6) is 0.823. The van der Waals surface area contributed by atoms with Crippen molar-refractivity contribution in [3.8, 4) is 0 Å². The van der Waals surface area contributed by atoms with E-state index in [0.717, 1.165) is 32.4 Å². The van der Waals surface area contributed by atoms with E-state index in [9.17, 15) is 4.79 Å². The van der Waals surface area contributed by atoms with E-state index >= 15 is 0 Å². The fourth-order valence-corrected chi connectivity index (χ4v) is 1.98. The van der Waals surface area contributed by atoms with Gasteiger partial charge in [-0.1, -0.05) is 6.92 Å². The standard InChI is InChI=1S/C10H20N2O/c1-3-10(11)9-4-6-12(7-5-9)8(2)13/h9-10H,3-7,11H2,1-2H3. The summed E-state index contributed by atoms with van der Waals surface area (Å²) in [6, 6.07) is 0.328. The zero-order valence-electron chi connectivity index (χ0n) is 8.62. The minimum Gasteiger partial charge on any atom is -0.343 e. The molecule has 1 amide bonds. The second-order valence-corrected chi connectivity index (χ2v) is 3.92. The van der Waals surface area contributed by atoms with Crippen LogP contribution in [0.4, 0.5) is 0 Å². The van der Waals surface area contributed by atoms with Gasteiger partial charge in [0, 0.05) is 26.1 Å². The summed E-state index contributed by atoms with van der Waals surface area (Å²) in [4.78, 5) is 13.0. The Kier molecular flexibility index (Phi) is 3.72. The van der Waals surface area contributed by atoms with Gasteiger partial charge in [0.15, 0.2) is 0 Å². The molecule has 0 radical (unpaired) electrons. The second kappa shape index (κ2) is 4.61. The summed E-state index contributed by atoms with van der Waals surface area (Å²) in [5, 5.41) is 0. The zero-order valence-corrected chi connectivity index (χ0v) is 8.62. The van der Waals surface area contributed by atoms with Gasteiger partial charge in [-0.15, -0.1) is 0 Å². The number of nitrogens with two attached hydrogens (primary N) is 1. The van der Waals surface area contributed by atoms with Gasteiger partial charge in [0.2, 0.25) is 5.91 Å². The van der Waals surface area contributed by atoms with Gasteiger partial charge in [-0.2, -0.15) is 0 Å². The Morgan fingerprint density at radius 1 is 1.54 bits per heavy atom. The second-order valence-electron chi connectivity index (χ2n) is 3.92. The Labute approximate surface area is 80.3 Å². The third-order valence-electron chi connectivity index (χ3n) is 3.06. The third-order valence-corrected chi connectivity index (χ3v) is 3.06. The van der Waals surface area contributed by atoms with E-state index in [1.165, 1.54) is 0 Å². The SMILES string of the molecule is CCC(N)C1CCN(C(C)=O)CC1. The Balaban J connectivity index is 2.34. The summed E-state index contributed by atoms with van der Waals surface area (Å²) >= 11 is 0. The van der Waals surface area contributed by atoms with Crippen LogP contribution in [0.3, 0.4) is 0 Å². The average Bonchev–Trinajstić information content (AvgIpc) is 2.17. The number of nitrogens with zero attached hydrogens (tertiary/aromatic N) is 1. The molecule has 1 heterocycles. The number of rotatable bonds is 2. The largest absolute Gasteiger partial charge is 0.343 e. The molecule has 0 aliphatic carbocycles. The zero-order chi connectivity index (χ0) is 9.84. The summed E-state index contributed by atoms with van der Waals surface area (Å²) in [5.41, 5.74) is 5.97. The van der Waals surface area contributed by atoms with Gasteiger partial charge in [0.25, 0.3) is 0 Å². The summed E-state index contributed by atoms with van der Waals surface area (Å²) in [6.07, 6.45) is 3.20. The quantitative estimate of drug-likeness (QED) is 0.695. The molecule has 2 N–H and O–H groups in total. The van der Waals surface area contributed by atoms with Crippen LogP contribution in [-0.2, 0) is 4.79 Å². The normalized spacial score (nSPS) is 21.6. The van der Waals surface area contributed by atoms with Crippen LogP contribution >= 0.6 is 0 Å². The molecule has 1 atom stereocenters. The highest BCUT2D eigenvalue weighted by atomic mass is 16.2. The van der Waals surface area contributed by atoms with Gasteiger partial charge in [-0.3, -0.25) is 4.79 Å². The first-order valence-electron chi connectivity index (χ1n) is 5.16. The van der Waals surface area contributed by atoms with E-state index in [-0.39, 0.29) is 5.91 Å². The number of hydrogen-bond donors (Lipinski definition) is 1. The minimum atomic E-state index is 0.198. The highest BCUT2D eigenvalue weighted by molar-refractivity contribution is 5.73. The molecule has 1 fully saturated rings. The van der Waals surface area contributed by atoms with Gasteiger partial charge in [0.1, 0.15) is 0 Å². The molecule has 13 heavy (non-hydrogen) atoms. The van der Waals surface area contributed by atoms with Gasteiger partial charge >= 0.3 is 0 Å². The molecule has 0 spiro atoms. The molecule has 0 saturated carbocycles. The minimum absolute atomic E-state index is 0.198. The molecule has 3 nitrogen and oxygen atoms in total. The first-order valence-corrected chi connectivity index (χ1v) is 5.16. The molecule has 0 aromatic rings. The average molecular weight is 184 g/mol. The fourth-order valence-electron chi connectivity index (χ4n) is 1.98. The van der Waals surface area contributed by atoms with Crippen molar-refractivity contribution < 1.29 is 4.79 Å². The topological polar surface area (TPSA) is 46.3 Å². The highest BCUT2D eigenvalue weighted by Crippen LogP contribution is 2.20. The van der Waals surface area contributed by atoms with Crippen molar-refractivity contribution in [1.29, 1.82) is 0 Å². The maximum Gasteiger partial charge on any atom is 0.219 e. The van der Waals surface area contributed by atoms with Crippen LogP contribution in [0, 0.1) is 5.92 Å². The Morgan fingerprint density at radius 2 is 2.08 bits per heavy atom. The Bertz CT molecular complexity index is 174. The van der Waals surface area contributed by atoms with E-state index in [1.807, 2.05) is 4.90 Å². The maximum absolute atomic E-state index is 11.0. The third kappa shape index (κ3) is 2.69. The van der Waals surface area contributed by atoms with Crippen molar-refractivity contribution in [2.75, 3.05) is 13.1 Å². The molecule has 0 aromatic carbocycles. The van der Waals surface area contributed by atoms with Gasteiger partial charge in [-0.25, -0.2) is 0 Å². The number of carbonyl (C=O) groups excluding carboxylic acids is 1. The van der Waals surface area contributed by atoms with Crippen LogP contribution < -0.4 is 5.73 Å². The molecule has 1 aliphatic rings. The summed E-state index contributed by atoms with van der Waals surface area (Å²) < 4.78 is 0. The first kappa shape index (κ1) is 10.5. The monoisotopic (exact) mass is 184 g/mol. The van der Waals surface area contributed by atoms with Crippen LogP contribution in [0.25, 0.3) is 0 Å². The molecular weight excluding hydrogens is 164 g/mol. The lowest BCUT2D eigenvalue weighted by Crippen LogP contribution is -2.42. The predicted molar refractivity (Wildman–Crippen MR) is 53.2 cm³/mol. The highest BCUT2D eigenvalue weighted by Gasteiger charge is 2.23. The van der Waals surface area contributed by atoms with Crippen LogP contribution in [0.1, 0.15) is 33.1 Å². The molecular formula is C10H20N2O. The van der Waals surface area contributed by atoms with Crippen molar-refractivity contribution in [2.24, 2.45) is 11.7 Å². The lowest BCUT2D eigenvalue weighted by molar-refractivity contribution is -0.130. The van der Waals surface area contributed by atoms with E-state index < -0.39 is 0 Å². The summed E-state index contributed by atoms with van der Waals surface area (Å²) in [7, 11) is 0.